The summed E-state index contributed by atoms with van der Waals surface area (Å²) in [6.07, 6.45) is 0. The second-order valence-corrected chi connectivity index (χ2v) is 3.57. The molecule has 80 valence electrons. The predicted octanol–water partition coefficient (Wildman–Crippen LogP) is 1.91. The number of benzene rings is 1. The maximum absolute atomic E-state index is 13.1. The van der Waals surface area contributed by atoms with Gasteiger partial charge in [0, 0.05) is 11.0 Å². The van der Waals surface area contributed by atoms with E-state index in [1.165, 1.54) is 6.07 Å². The first-order valence-corrected chi connectivity index (χ1v) is 4.78. The molecule has 0 aliphatic carbocycles. The molecule has 0 saturated heterocycles. The lowest BCUT2D eigenvalue weighted by Crippen LogP contribution is -1.98. The Morgan fingerprint density at radius 3 is 2.73 bits per heavy atom. The third-order valence-electron chi connectivity index (χ3n) is 1.48. The molecule has 5 nitrogen and oxygen atoms in total. The highest BCUT2D eigenvalue weighted by Gasteiger charge is 2.11. The number of hydrogen-bond acceptors (Lipinski definition) is 4. The van der Waals surface area contributed by atoms with Gasteiger partial charge in [-0.25, -0.2) is 4.39 Å². The largest absolute Gasteiger partial charge is 0.481 e. The number of nitro groups is 1. The molecule has 0 fully saturated rings. The third kappa shape index (κ3) is 3.21. The van der Waals surface area contributed by atoms with Crippen molar-refractivity contribution < 1.29 is 19.2 Å². The second-order valence-electron chi connectivity index (χ2n) is 2.55. The minimum atomic E-state index is -1.07. The van der Waals surface area contributed by atoms with Gasteiger partial charge in [-0.3, -0.25) is 14.9 Å². The van der Waals surface area contributed by atoms with Crippen LogP contribution < -0.4 is 0 Å². The number of carboxylic acid groups (broad SMARTS) is 1. The van der Waals surface area contributed by atoms with Crippen molar-refractivity contribution in [2.75, 3.05) is 5.75 Å². The molecule has 0 saturated carbocycles. The molecule has 0 spiro atoms. The number of nitrogens with zero attached hydrogens (tertiary/aromatic N) is 1. The van der Waals surface area contributed by atoms with Crippen LogP contribution in [0.2, 0.25) is 0 Å². The molecule has 1 N–H and O–H groups in total. The van der Waals surface area contributed by atoms with Gasteiger partial charge in [-0.1, -0.05) is 0 Å². The number of carbonyl (C=O) groups is 1. The van der Waals surface area contributed by atoms with E-state index in [0.29, 0.717) is 0 Å². The van der Waals surface area contributed by atoms with Crippen LogP contribution in [-0.2, 0) is 4.79 Å². The number of aliphatic carboxylic acids is 1. The lowest BCUT2D eigenvalue weighted by Gasteiger charge is -1.99. The van der Waals surface area contributed by atoms with E-state index in [9.17, 15) is 19.3 Å². The Bertz CT molecular complexity index is 410. The second kappa shape index (κ2) is 4.74. The van der Waals surface area contributed by atoms with E-state index in [0.717, 1.165) is 23.9 Å². The SMILES string of the molecule is O=C(O)CSc1ccc([N+](=O)[O-])cc1F. The van der Waals surface area contributed by atoms with Gasteiger partial charge in [0.05, 0.1) is 16.7 Å². The first-order chi connectivity index (χ1) is 7.00. The molecule has 0 aliphatic heterocycles. The maximum Gasteiger partial charge on any atom is 0.313 e. The summed E-state index contributed by atoms with van der Waals surface area (Å²) >= 11 is 0.778. The topological polar surface area (TPSA) is 80.4 Å². The van der Waals surface area contributed by atoms with E-state index in [4.69, 9.17) is 5.11 Å². The van der Waals surface area contributed by atoms with Crippen molar-refractivity contribution in [1.29, 1.82) is 0 Å². The standard InChI is InChI=1S/C8H6FNO4S/c9-6-3-5(10(13)14)1-2-7(6)15-4-8(11)12/h1-3H,4H2,(H,11,12). The normalized spacial score (nSPS) is 9.93. The number of rotatable bonds is 4. The van der Waals surface area contributed by atoms with Gasteiger partial charge in [0.25, 0.3) is 5.69 Å². The summed E-state index contributed by atoms with van der Waals surface area (Å²) in [4.78, 5) is 19.8. The van der Waals surface area contributed by atoms with Crippen LogP contribution in [0.25, 0.3) is 0 Å². The van der Waals surface area contributed by atoms with Crippen molar-refractivity contribution in [2.24, 2.45) is 0 Å². The summed E-state index contributed by atoms with van der Waals surface area (Å²) < 4.78 is 13.1. The van der Waals surface area contributed by atoms with Gasteiger partial charge < -0.3 is 5.11 Å². The zero-order chi connectivity index (χ0) is 11.4. The zero-order valence-electron chi connectivity index (χ0n) is 7.34. The Labute approximate surface area is 88.1 Å². The molecule has 0 aliphatic rings. The van der Waals surface area contributed by atoms with Gasteiger partial charge in [0.15, 0.2) is 0 Å². The smallest absolute Gasteiger partial charge is 0.313 e. The highest BCUT2D eigenvalue weighted by Crippen LogP contribution is 2.25. The van der Waals surface area contributed by atoms with Crippen LogP contribution in [0.15, 0.2) is 23.1 Å². The van der Waals surface area contributed by atoms with Crippen LogP contribution in [0.5, 0.6) is 0 Å². The minimum absolute atomic E-state index is 0.0861. The summed E-state index contributed by atoms with van der Waals surface area (Å²) in [5.74, 6) is -2.14. The van der Waals surface area contributed by atoms with E-state index in [-0.39, 0.29) is 16.3 Å². The Balaban J connectivity index is 2.83. The Kier molecular flexibility index (Phi) is 3.62. The van der Waals surface area contributed by atoms with E-state index in [1.54, 1.807) is 0 Å². The summed E-state index contributed by atoms with van der Waals surface area (Å²) in [5.41, 5.74) is -0.354. The minimum Gasteiger partial charge on any atom is -0.481 e. The van der Waals surface area contributed by atoms with Crippen molar-refractivity contribution in [3.63, 3.8) is 0 Å². The highest BCUT2D eigenvalue weighted by molar-refractivity contribution is 8.00. The predicted molar refractivity (Wildman–Crippen MR) is 51.4 cm³/mol. The Morgan fingerprint density at radius 2 is 2.27 bits per heavy atom. The molecule has 0 radical (unpaired) electrons. The lowest BCUT2D eigenvalue weighted by molar-refractivity contribution is -0.385. The fourth-order valence-electron chi connectivity index (χ4n) is 0.860. The van der Waals surface area contributed by atoms with Crippen LogP contribution in [-0.4, -0.2) is 21.8 Å². The zero-order valence-corrected chi connectivity index (χ0v) is 8.16. The molecule has 0 atom stereocenters. The molecule has 1 aromatic carbocycles. The van der Waals surface area contributed by atoms with Crippen LogP contribution in [0, 0.1) is 15.9 Å². The quantitative estimate of drug-likeness (QED) is 0.486. The molecular formula is C8H6FNO4S. The van der Waals surface area contributed by atoms with Gasteiger partial charge in [-0.2, -0.15) is 0 Å². The average molecular weight is 231 g/mol. The number of halogens is 1. The van der Waals surface area contributed by atoms with Crippen LogP contribution >= 0.6 is 11.8 Å². The van der Waals surface area contributed by atoms with Crippen molar-refractivity contribution in [3.8, 4) is 0 Å². The van der Waals surface area contributed by atoms with Gasteiger partial charge in [0.1, 0.15) is 5.82 Å². The number of carboxylic acids is 1. The van der Waals surface area contributed by atoms with Crippen LogP contribution in [0.1, 0.15) is 0 Å². The first-order valence-electron chi connectivity index (χ1n) is 3.79. The maximum atomic E-state index is 13.1. The average Bonchev–Trinajstić information content (AvgIpc) is 2.15. The lowest BCUT2D eigenvalue weighted by atomic mass is 10.3. The molecule has 0 unspecified atom stereocenters. The molecule has 1 aromatic rings. The summed E-state index contributed by atoms with van der Waals surface area (Å²) in [5, 5.41) is 18.6. The highest BCUT2D eigenvalue weighted by atomic mass is 32.2. The monoisotopic (exact) mass is 231 g/mol. The number of thioether (sulfide) groups is 1. The van der Waals surface area contributed by atoms with E-state index >= 15 is 0 Å². The van der Waals surface area contributed by atoms with E-state index < -0.39 is 16.7 Å². The van der Waals surface area contributed by atoms with Crippen LogP contribution in [0.4, 0.5) is 10.1 Å². The van der Waals surface area contributed by atoms with Crippen molar-refractivity contribution in [1.82, 2.24) is 0 Å². The fraction of sp³-hybridized carbons (Fsp3) is 0.125. The summed E-state index contributed by atoms with van der Waals surface area (Å²) in [6.45, 7) is 0. The molecule has 0 aromatic heterocycles. The molecule has 7 heteroatoms. The number of non-ortho nitro benzene ring substituents is 1. The molecule has 1 rings (SSSR count). The first kappa shape index (κ1) is 11.4. The Morgan fingerprint density at radius 1 is 1.60 bits per heavy atom. The Hall–Kier alpha value is -1.63. The van der Waals surface area contributed by atoms with Gasteiger partial charge >= 0.3 is 5.97 Å². The summed E-state index contributed by atoms with van der Waals surface area (Å²) in [7, 11) is 0. The molecule has 15 heavy (non-hydrogen) atoms. The number of nitro benzene ring substituents is 1. The molecule has 0 amide bonds. The summed E-state index contributed by atoms with van der Waals surface area (Å²) in [6, 6.07) is 3.10. The molecule has 0 bridgehead atoms. The van der Waals surface area contributed by atoms with Gasteiger partial charge in [-0.05, 0) is 6.07 Å². The fourth-order valence-corrected chi connectivity index (χ4v) is 1.50. The van der Waals surface area contributed by atoms with E-state index in [1.807, 2.05) is 0 Å². The van der Waals surface area contributed by atoms with Crippen molar-refractivity contribution in [3.05, 3.63) is 34.1 Å². The van der Waals surface area contributed by atoms with Crippen LogP contribution in [0.3, 0.4) is 0 Å². The van der Waals surface area contributed by atoms with Crippen molar-refractivity contribution >= 4 is 23.4 Å². The van der Waals surface area contributed by atoms with Gasteiger partial charge in [-0.15, -0.1) is 11.8 Å². The van der Waals surface area contributed by atoms with E-state index in [2.05, 4.69) is 0 Å². The third-order valence-corrected chi connectivity index (χ3v) is 2.51. The molecule has 0 heterocycles. The number of hydrogen-bond donors (Lipinski definition) is 1. The van der Waals surface area contributed by atoms with Crippen molar-refractivity contribution in [2.45, 2.75) is 4.90 Å². The van der Waals surface area contributed by atoms with Gasteiger partial charge in [0.2, 0.25) is 0 Å². The molecular weight excluding hydrogens is 225 g/mol.